The van der Waals surface area contributed by atoms with Crippen LogP contribution in [0.4, 0.5) is 0 Å². The van der Waals surface area contributed by atoms with Crippen LogP contribution in [-0.4, -0.2) is 51.1 Å². The average Bonchev–Trinajstić information content (AvgIpc) is 2.40. The second-order valence-electron chi connectivity index (χ2n) is 4.38. The zero-order chi connectivity index (χ0) is 14.3. The zero-order valence-corrected chi connectivity index (χ0v) is 11.2. The van der Waals surface area contributed by atoms with Gasteiger partial charge in [0, 0.05) is 38.0 Å². The van der Waals surface area contributed by atoms with E-state index in [2.05, 4.69) is 0 Å². The first-order valence-electron chi connectivity index (χ1n) is 6.48. The van der Waals surface area contributed by atoms with Gasteiger partial charge in [0.25, 0.3) is 0 Å². The van der Waals surface area contributed by atoms with Gasteiger partial charge in [-0.05, 0) is 13.0 Å². The van der Waals surface area contributed by atoms with Crippen LogP contribution in [0.1, 0.15) is 19.0 Å². The minimum absolute atomic E-state index is 0.0560. The molecule has 0 unspecified atom stereocenters. The number of aryl methyl sites for hydroxylation is 1. The summed E-state index contributed by atoms with van der Waals surface area (Å²) in [5.74, 6) is -0.285. The topological polar surface area (TPSA) is 85.9 Å². The van der Waals surface area contributed by atoms with E-state index in [1.807, 2.05) is 11.8 Å². The van der Waals surface area contributed by atoms with Crippen molar-refractivity contribution in [3.63, 3.8) is 0 Å². The van der Waals surface area contributed by atoms with Gasteiger partial charge in [-0.15, -0.1) is 0 Å². The molecule has 0 fully saturated rings. The maximum absolute atomic E-state index is 11.5. The van der Waals surface area contributed by atoms with Gasteiger partial charge in [0.05, 0.1) is 12.8 Å². The highest BCUT2D eigenvalue weighted by atomic mass is 16.3. The Labute approximate surface area is 112 Å². The van der Waals surface area contributed by atoms with E-state index in [1.165, 1.54) is 12.3 Å². The summed E-state index contributed by atoms with van der Waals surface area (Å²) in [6.07, 6.45) is 1.96. The van der Waals surface area contributed by atoms with Crippen molar-refractivity contribution < 1.29 is 15.3 Å². The minimum atomic E-state index is -0.407. The number of pyridine rings is 1. The van der Waals surface area contributed by atoms with Crippen LogP contribution in [0.25, 0.3) is 0 Å². The largest absolute Gasteiger partial charge is 0.503 e. The number of hydrogen-bond acceptors (Lipinski definition) is 5. The predicted molar refractivity (Wildman–Crippen MR) is 72.1 cm³/mol. The number of aliphatic hydroxyl groups excluding tert-OH is 2. The third-order valence-corrected chi connectivity index (χ3v) is 3.00. The molecule has 0 saturated carbocycles. The fraction of sp³-hybridized carbons (Fsp3) is 0.615. The van der Waals surface area contributed by atoms with Gasteiger partial charge < -0.3 is 19.9 Å². The lowest BCUT2D eigenvalue weighted by molar-refractivity contribution is 0.192. The summed E-state index contributed by atoms with van der Waals surface area (Å²) in [5, 5.41) is 27.3. The molecule has 0 aliphatic carbocycles. The Hall–Kier alpha value is -1.37. The molecule has 1 aromatic heterocycles. The van der Waals surface area contributed by atoms with Gasteiger partial charge in [-0.25, -0.2) is 0 Å². The Kier molecular flexibility index (Phi) is 6.55. The predicted octanol–water partition coefficient (Wildman–Crippen LogP) is -0.250. The summed E-state index contributed by atoms with van der Waals surface area (Å²) < 4.78 is 1.77. The second kappa shape index (κ2) is 7.93. The molecule has 6 heteroatoms. The van der Waals surface area contributed by atoms with E-state index in [9.17, 15) is 9.90 Å². The molecule has 0 aromatic carbocycles. The van der Waals surface area contributed by atoms with Crippen LogP contribution < -0.4 is 5.43 Å². The van der Waals surface area contributed by atoms with Crippen LogP contribution in [0.5, 0.6) is 5.75 Å². The Morgan fingerprint density at radius 3 is 2.63 bits per heavy atom. The number of aromatic hydroxyl groups is 1. The van der Waals surface area contributed by atoms with E-state index in [1.54, 1.807) is 4.57 Å². The van der Waals surface area contributed by atoms with E-state index in [4.69, 9.17) is 10.2 Å². The van der Waals surface area contributed by atoms with Gasteiger partial charge >= 0.3 is 0 Å². The van der Waals surface area contributed by atoms with Gasteiger partial charge in [0.15, 0.2) is 5.75 Å². The summed E-state index contributed by atoms with van der Waals surface area (Å²) in [5.41, 5.74) is 0.363. The van der Waals surface area contributed by atoms with E-state index < -0.39 is 5.43 Å². The van der Waals surface area contributed by atoms with Crippen LogP contribution in [0, 0.1) is 0 Å². The van der Waals surface area contributed by atoms with Crippen LogP contribution in [0.2, 0.25) is 0 Å². The summed E-state index contributed by atoms with van der Waals surface area (Å²) in [4.78, 5) is 13.5. The number of aromatic nitrogens is 1. The first-order chi connectivity index (χ1) is 9.12. The fourth-order valence-corrected chi connectivity index (χ4v) is 1.91. The minimum Gasteiger partial charge on any atom is -0.503 e. The molecule has 19 heavy (non-hydrogen) atoms. The first kappa shape index (κ1) is 15.7. The van der Waals surface area contributed by atoms with E-state index >= 15 is 0 Å². The molecule has 6 nitrogen and oxygen atoms in total. The van der Waals surface area contributed by atoms with Gasteiger partial charge in [-0.2, -0.15) is 0 Å². The highest BCUT2D eigenvalue weighted by molar-refractivity contribution is 5.20. The highest BCUT2D eigenvalue weighted by Crippen LogP contribution is 2.09. The van der Waals surface area contributed by atoms with Gasteiger partial charge in [-0.3, -0.25) is 9.69 Å². The van der Waals surface area contributed by atoms with Gasteiger partial charge in [0.2, 0.25) is 5.43 Å². The first-order valence-corrected chi connectivity index (χ1v) is 6.48. The van der Waals surface area contributed by atoms with Crippen molar-refractivity contribution in [2.45, 2.75) is 26.4 Å². The maximum atomic E-state index is 11.5. The molecule has 108 valence electrons. The highest BCUT2D eigenvalue weighted by Gasteiger charge is 2.09. The summed E-state index contributed by atoms with van der Waals surface area (Å²) in [6.45, 7) is 4.45. The summed E-state index contributed by atoms with van der Waals surface area (Å²) in [6, 6.07) is 1.41. The molecule has 1 aromatic rings. The molecule has 0 aliphatic rings. The molecular formula is C13H22N2O4. The summed E-state index contributed by atoms with van der Waals surface area (Å²) >= 11 is 0. The zero-order valence-electron chi connectivity index (χ0n) is 11.2. The number of nitrogens with zero attached hydrogens (tertiary/aromatic N) is 2. The fourth-order valence-electron chi connectivity index (χ4n) is 1.91. The lowest BCUT2D eigenvalue weighted by Crippen LogP contribution is -2.28. The summed E-state index contributed by atoms with van der Waals surface area (Å²) in [7, 11) is 0. The number of hydrogen-bond donors (Lipinski definition) is 3. The van der Waals surface area contributed by atoms with Crippen LogP contribution in [0.15, 0.2) is 17.1 Å². The number of aliphatic hydroxyl groups is 2. The normalized spacial score (nSPS) is 11.2. The molecule has 0 amide bonds. The van der Waals surface area contributed by atoms with Crippen molar-refractivity contribution >= 4 is 0 Å². The van der Waals surface area contributed by atoms with Gasteiger partial charge in [0.1, 0.15) is 0 Å². The van der Waals surface area contributed by atoms with Crippen molar-refractivity contribution in [1.82, 2.24) is 9.47 Å². The van der Waals surface area contributed by atoms with Crippen molar-refractivity contribution in [2.24, 2.45) is 0 Å². The average molecular weight is 270 g/mol. The molecule has 0 aliphatic heterocycles. The molecule has 0 bridgehead atoms. The van der Waals surface area contributed by atoms with E-state index in [0.29, 0.717) is 26.1 Å². The SMILES string of the molecule is CCN(CCO)Cc1cc(=O)c(O)cn1CCCO. The molecule has 0 radical (unpaired) electrons. The van der Waals surface area contributed by atoms with Gasteiger partial charge in [-0.1, -0.05) is 6.92 Å². The molecule has 0 spiro atoms. The standard InChI is InChI=1S/C13H22N2O4/c1-2-14(5-7-17)9-11-8-12(18)13(19)10-15(11)4-3-6-16/h8,10,16-17,19H,2-7,9H2,1H3. The Morgan fingerprint density at radius 1 is 1.32 bits per heavy atom. The van der Waals surface area contributed by atoms with E-state index in [0.717, 1.165) is 12.2 Å². The van der Waals surface area contributed by atoms with Crippen molar-refractivity contribution in [3.8, 4) is 5.75 Å². The van der Waals surface area contributed by atoms with Crippen LogP contribution in [0.3, 0.4) is 0 Å². The molecule has 1 heterocycles. The lowest BCUT2D eigenvalue weighted by Gasteiger charge is -2.22. The van der Waals surface area contributed by atoms with Crippen molar-refractivity contribution in [2.75, 3.05) is 26.3 Å². The number of likely N-dealkylation sites (N-methyl/N-ethyl adjacent to an activating group) is 1. The van der Waals surface area contributed by atoms with Crippen molar-refractivity contribution in [3.05, 3.63) is 28.2 Å². The monoisotopic (exact) mass is 270 g/mol. The smallest absolute Gasteiger partial charge is 0.223 e. The third-order valence-electron chi connectivity index (χ3n) is 3.00. The Morgan fingerprint density at radius 2 is 2.05 bits per heavy atom. The Bertz CT molecular complexity index is 445. The molecular weight excluding hydrogens is 248 g/mol. The van der Waals surface area contributed by atoms with E-state index in [-0.39, 0.29) is 19.0 Å². The second-order valence-corrected chi connectivity index (χ2v) is 4.38. The molecule has 3 N–H and O–H groups in total. The van der Waals surface area contributed by atoms with Crippen LogP contribution >= 0.6 is 0 Å². The maximum Gasteiger partial charge on any atom is 0.223 e. The number of rotatable bonds is 8. The van der Waals surface area contributed by atoms with Crippen molar-refractivity contribution in [1.29, 1.82) is 0 Å². The van der Waals surface area contributed by atoms with Crippen LogP contribution in [-0.2, 0) is 13.1 Å². The lowest BCUT2D eigenvalue weighted by atomic mass is 10.2. The molecule has 0 atom stereocenters. The molecule has 0 saturated heterocycles. The molecule has 1 rings (SSSR count). The Balaban J connectivity index is 2.95. The third kappa shape index (κ3) is 4.66. The quantitative estimate of drug-likeness (QED) is 0.606.